The van der Waals surface area contributed by atoms with Crippen LogP contribution in [0.15, 0.2) is 0 Å². The van der Waals surface area contributed by atoms with Crippen LogP contribution in [0.5, 0.6) is 0 Å². The molecule has 0 aromatic heterocycles. The van der Waals surface area contributed by atoms with Crippen molar-refractivity contribution in [3.05, 3.63) is 11.5 Å². The van der Waals surface area contributed by atoms with Crippen molar-refractivity contribution in [1.82, 2.24) is 0 Å². The van der Waals surface area contributed by atoms with Crippen LogP contribution in [0, 0.1) is 0 Å². The number of nitrogens with one attached hydrogen (secondary N) is 2. The summed E-state index contributed by atoms with van der Waals surface area (Å²) in [5.41, 5.74) is 14.0. The van der Waals surface area contributed by atoms with Gasteiger partial charge in [-0.15, -0.1) is 0 Å². The zero-order valence-corrected chi connectivity index (χ0v) is 23.4. The fourth-order valence-electron chi connectivity index (χ4n) is 3.22. The van der Waals surface area contributed by atoms with Gasteiger partial charge in [0.2, 0.25) is 0 Å². The van der Waals surface area contributed by atoms with Gasteiger partial charge in [0.05, 0.1) is 0 Å². The fraction of sp³-hybridized carbons (Fsp3) is 1.00. The van der Waals surface area contributed by atoms with E-state index in [0.717, 1.165) is 12.8 Å². The van der Waals surface area contributed by atoms with Crippen molar-refractivity contribution in [2.45, 2.75) is 142 Å². The molecule has 0 aliphatic heterocycles. The molecule has 0 spiro atoms. The van der Waals surface area contributed by atoms with Crippen LogP contribution in [-0.2, 0) is 16.5 Å². The summed E-state index contributed by atoms with van der Waals surface area (Å²) in [4.78, 5) is 0. The van der Waals surface area contributed by atoms with Gasteiger partial charge in [-0.25, -0.2) is 0 Å². The molecule has 0 aromatic carbocycles. The van der Waals surface area contributed by atoms with Gasteiger partial charge in [0.1, 0.15) is 0 Å². The molecule has 0 aromatic rings. The summed E-state index contributed by atoms with van der Waals surface area (Å²) >= 11 is -0.472. The van der Waals surface area contributed by atoms with Crippen LogP contribution >= 0.6 is 18.8 Å². The molecule has 0 amide bonds. The molecule has 0 aliphatic carbocycles. The van der Waals surface area contributed by atoms with Gasteiger partial charge < -0.3 is 11.5 Å². The number of hydrogen-bond acceptors (Lipinski definition) is 0. The zero-order valence-electron chi connectivity index (χ0n) is 19.6. The first-order chi connectivity index (χ1) is 14.2. The van der Waals surface area contributed by atoms with Gasteiger partial charge in [-0.1, -0.05) is 142 Å². The molecule has 0 heterocycles. The summed E-state index contributed by atoms with van der Waals surface area (Å²) in [7, 11) is 9.75. The van der Waals surface area contributed by atoms with Crippen LogP contribution in [-0.4, -0.2) is 13.1 Å². The molecule has 182 valence electrons. The topological polar surface area (TPSA) is 47.6 Å². The van der Waals surface area contributed by atoms with Crippen LogP contribution in [0.2, 0.25) is 0 Å². The number of hydrogen-bond donors (Lipinski definition) is 0. The SMILES string of the molecule is CCCCCCCCCCCC[NH-].CCCCCCCCCCCC[NH-].[Cl][Pt+2][Cl]. The molecule has 5 heteroatoms. The van der Waals surface area contributed by atoms with E-state index in [1.54, 1.807) is 0 Å². The third-order valence-corrected chi connectivity index (χ3v) is 5.06. The van der Waals surface area contributed by atoms with Gasteiger partial charge in [0, 0.05) is 0 Å². The Balaban J connectivity index is -0.000000410. The quantitative estimate of drug-likeness (QED) is 0.120. The monoisotopic (exact) mass is 633 g/mol. The fourth-order valence-corrected chi connectivity index (χ4v) is 3.22. The molecule has 0 saturated heterocycles. The van der Waals surface area contributed by atoms with Crippen LogP contribution in [0.3, 0.4) is 0 Å². The first-order valence-corrected chi connectivity index (χ1v) is 18.0. The molecular weight excluding hydrogens is 582 g/mol. The first kappa shape index (κ1) is 34.8. The van der Waals surface area contributed by atoms with Crippen molar-refractivity contribution in [2.24, 2.45) is 0 Å². The Bertz CT molecular complexity index is 193. The Morgan fingerprint density at radius 2 is 0.586 bits per heavy atom. The van der Waals surface area contributed by atoms with Gasteiger partial charge in [0.25, 0.3) is 0 Å². The summed E-state index contributed by atoms with van der Waals surface area (Å²) in [5.74, 6) is 0. The average Bonchev–Trinajstić information content (AvgIpc) is 2.72. The van der Waals surface area contributed by atoms with Gasteiger partial charge in [-0.2, -0.15) is 13.1 Å². The van der Waals surface area contributed by atoms with Crippen LogP contribution in [0.1, 0.15) is 142 Å². The van der Waals surface area contributed by atoms with Gasteiger partial charge >= 0.3 is 35.3 Å². The minimum atomic E-state index is -0.472. The van der Waals surface area contributed by atoms with E-state index in [4.69, 9.17) is 30.3 Å². The first-order valence-electron chi connectivity index (χ1n) is 12.4. The average molecular weight is 635 g/mol. The van der Waals surface area contributed by atoms with E-state index in [2.05, 4.69) is 13.8 Å². The van der Waals surface area contributed by atoms with E-state index in [0.29, 0.717) is 13.1 Å². The van der Waals surface area contributed by atoms with E-state index in [-0.39, 0.29) is 0 Å². The standard InChI is InChI=1S/2C12H26N.2ClH.Pt/c2*1-2-3-4-5-6-7-8-9-10-11-12-13;;;/h2*13H,2-12H2,1H3;2*1H;/q2*-1;;;+4/p-2. The second-order valence-electron chi connectivity index (χ2n) is 7.91. The maximum atomic E-state index is 7.00. The van der Waals surface area contributed by atoms with Crippen molar-refractivity contribution in [3.63, 3.8) is 0 Å². The summed E-state index contributed by atoms with van der Waals surface area (Å²) < 4.78 is 0. The van der Waals surface area contributed by atoms with Crippen molar-refractivity contribution in [3.8, 4) is 0 Å². The Morgan fingerprint density at radius 1 is 0.414 bits per heavy atom. The molecule has 0 atom stereocenters. The molecule has 0 radical (unpaired) electrons. The van der Waals surface area contributed by atoms with Crippen LogP contribution < -0.4 is 0 Å². The number of unbranched alkanes of at least 4 members (excludes halogenated alkanes) is 18. The second-order valence-corrected chi connectivity index (χ2v) is 11.2. The molecule has 0 rings (SSSR count). The molecule has 2 N–H and O–H groups in total. The zero-order chi connectivity index (χ0) is 22.3. The Morgan fingerprint density at radius 3 is 0.759 bits per heavy atom. The van der Waals surface area contributed by atoms with Crippen molar-refractivity contribution in [2.75, 3.05) is 13.1 Å². The van der Waals surface area contributed by atoms with Crippen molar-refractivity contribution >= 4 is 18.8 Å². The molecule has 0 fully saturated rings. The summed E-state index contributed by atoms with van der Waals surface area (Å²) in [6.07, 6.45) is 27.2. The third-order valence-electron chi connectivity index (χ3n) is 5.06. The molecule has 29 heavy (non-hydrogen) atoms. The van der Waals surface area contributed by atoms with E-state index >= 15 is 0 Å². The number of rotatable bonds is 20. The molecule has 0 saturated carbocycles. The minimum absolute atomic E-state index is 0.472. The molecule has 0 unspecified atom stereocenters. The predicted molar refractivity (Wildman–Crippen MR) is 134 cm³/mol. The van der Waals surface area contributed by atoms with Crippen LogP contribution in [0.25, 0.3) is 11.5 Å². The van der Waals surface area contributed by atoms with Crippen molar-refractivity contribution in [1.29, 1.82) is 0 Å². The Labute approximate surface area is 201 Å². The Kier molecular flexibility index (Phi) is 47.6. The number of halogens is 2. The Hall–Kier alpha value is 1.19. The van der Waals surface area contributed by atoms with Gasteiger partial charge in [-0.05, 0) is 0 Å². The van der Waals surface area contributed by atoms with Crippen LogP contribution in [0.4, 0.5) is 0 Å². The van der Waals surface area contributed by atoms with E-state index < -0.39 is 16.5 Å². The van der Waals surface area contributed by atoms with E-state index in [1.807, 2.05) is 0 Å². The summed E-state index contributed by atoms with van der Waals surface area (Å²) in [6, 6.07) is 0. The van der Waals surface area contributed by atoms with E-state index in [1.165, 1.54) is 116 Å². The molecular formula is C24H52Cl2N2Pt. The summed E-state index contributed by atoms with van der Waals surface area (Å²) in [6.45, 7) is 5.77. The second kappa shape index (κ2) is 39.6. The molecule has 0 aliphatic rings. The molecule has 0 bridgehead atoms. The van der Waals surface area contributed by atoms with Gasteiger partial charge in [-0.3, -0.25) is 0 Å². The normalized spacial score (nSPS) is 10.3. The predicted octanol–water partition coefficient (Wildman–Crippen LogP) is 11.3. The third kappa shape index (κ3) is 48.1. The van der Waals surface area contributed by atoms with Crippen molar-refractivity contribution < 1.29 is 16.5 Å². The van der Waals surface area contributed by atoms with E-state index in [9.17, 15) is 0 Å². The molecule has 2 nitrogen and oxygen atoms in total. The summed E-state index contributed by atoms with van der Waals surface area (Å²) in [5, 5.41) is 0. The van der Waals surface area contributed by atoms with Gasteiger partial charge in [0.15, 0.2) is 0 Å². The maximum absolute atomic E-state index is 7.00.